The number of hydrogen-bond donors (Lipinski definition) is 5. The van der Waals surface area contributed by atoms with Gasteiger partial charge in [-0.15, -0.1) is 5.10 Å². The maximum absolute atomic E-state index is 14.7. The minimum Gasteiger partial charge on any atom is -0.382 e. The van der Waals surface area contributed by atoms with E-state index in [0.29, 0.717) is 79.3 Å². The molecule has 0 radical (unpaired) electrons. The summed E-state index contributed by atoms with van der Waals surface area (Å²) in [4.78, 5) is 94.9. The molecule has 4 aromatic rings. The Morgan fingerprint density at radius 3 is 2.25 bits per heavy atom. The van der Waals surface area contributed by atoms with Crippen molar-refractivity contribution in [1.29, 1.82) is 0 Å². The van der Waals surface area contributed by atoms with Crippen molar-refractivity contribution in [2.45, 2.75) is 135 Å². The number of anilines is 2. The highest BCUT2D eigenvalue weighted by molar-refractivity contribution is 5.97. The molecule has 3 aliphatic rings. The first kappa shape index (κ1) is 64.2. The Kier molecular flexibility index (Phi) is 23.3. The number of Topliss-reactive ketones (excluding diaryl/α,β-unsaturated/α-hetero) is 1. The summed E-state index contributed by atoms with van der Waals surface area (Å²) in [5.41, 5.74) is 9.96. The molecule has 23 heteroatoms. The smallest absolute Gasteiger partial charge is 0.260 e. The van der Waals surface area contributed by atoms with E-state index >= 15 is 0 Å². The van der Waals surface area contributed by atoms with Crippen LogP contribution in [0.3, 0.4) is 0 Å². The minimum absolute atomic E-state index is 0.00234. The van der Waals surface area contributed by atoms with E-state index in [2.05, 4.69) is 36.0 Å². The third-order valence-corrected chi connectivity index (χ3v) is 15.5. The minimum atomic E-state index is -0.935. The number of ketones is 1. The summed E-state index contributed by atoms with van der Waals surface area (Å²) in [5.74, 6) is -1.56. The summed E-state index contributed by atoms with van der Waals surface area (Å²) in [6.45, 7) is 20.6. The van der Waals surface area contributed by atoms with Gasteiger partial charge in [0.15, 0.2) is 0 Å². The lowest BCUT2D eigenvalue weighted by atomic mass is 9.85. The number of pyridine rings is 1. The van der Waals surface area contributed by atoms with Crippen molar-refractivity contribution in [2.75, 3.05) is 90.7 Å². The maximum atomic E-state index is 14.7. The van der Waals surface area contributed by atoms with E-state index in [1.165, 1.54) is 28.0 Å². The Bertz CT molecular complexity index is 2970. The summed E-state index contributed by atoms with van der Waals surface area (Å²) < 4.78 is 38.8. The molecule has 2 saturated heterocycles. The van der Waals surface area contributed by atoms with Crippen molar-refractivity contribution in [3.05, 3.63) is 100 Å². The molecule has 2 aromatic heterocycles. The Morgan fingerprint density at radius 2 is 1.60 bits per heavy atom. The number of rotatable bonds is 28. The van der Waals surface area contributed by atoms with Crippen molar-refractivity contribution >= 4 is 52.6 Å². The molecule has 2 bridgehead atoms. The van der Waals surface area contributed by atoms with Gasteiger partial charge in [-0.3, -0.25) is 28.8 Å². The van der Waals surface area contributed by atoms with Crippen molar-refractivity contribution in [3.8, 4) is 11.1 Å². The van der Waals surface area contributed by atoms with E-state index in [1.54, 1.807) is 31.9 Å². The number of likely N-dealkylation sites (N-methyl/N-ethyl adjacent to an activating group) is 1. The van der Waals surface area contributed by atoms with Gasteiger partial charge in [0.2, 0.25) is 23.6 Å². The molecule has 5 heterocycles. The van der Waals surface area contributed by atoms with Crippen molar-refractivity contribution < 1.29 is 52.1 Å². The number of nitrogens with one attached hydrogen (secondary N) is 4. The lowest BCUT2D eigenvalue weighted by Crippen LogP contribution is -2.59. The number of halogens is 1. The van der Waals surface area contributed by atoms with Gasteiger partial charge in [0.1, 0.15) is 35.2 Å². The zero-order valence-electron chi connectivity index (χ0n) is 49.5. The summed E-state index contributed by atoms with van der Waals surface area (Å²) in [5, 5.41) is 16.7. The number of hydrogen-bond acceptors (Lipinski definition) is 15. The molecule has 5 amide bonds. The molecular weight excluding hydrogens is 1080 g/mol. The molecule has 0 unspecified atom stereocenters. The molecule has 2 aromatic carbocycles. The van der Waals surface area contributed by atoms with Gasteiger partial charge in [-0.05, 0) is 92.4 Å². The molecule has 3 aliphatic heterocycles. The van der Waals surface area contributed by atoms with Crippen LogP contribution in [0.2, 0.25) is 0 Å². The number of likely N-dealkylation sites (tertiary alicyclic amines) is 1. The topological polar surface area (TPSA) is 258 Å². The average Bonchev–Trinajstić information content (AvgIpc) is 4.42. The van der Waals surface area contributed by atoms with E-state index < -0.39 is 41.3 Å². The molecule has 84 heavy (non-hydrogen) atoms. The van der Waals surface area contributed by atoms with Crippen LogP contribution in [-0.4, -0.2) is 164 Å². The molecule has 0 saturated carbocycles. The fraction of sp³-hybridized carbons (Fsp3) is 0.557. The van der Waals surface area contributed by atoms with Crippen molar-refractivity contribution in [2.24, 2.45) is 5.41 Å². The standard InChI is InChI=1S/C61H83FN12O10/c1-9-47(40-15-11-10-12-16-40)68-58(78)51-35-43(37-73(51)60(80)54(61(3,4)5)69-57(77)39(2)64-6)67-52(76)22-26-82-28-30-84-32-31-83-29-27-81-25-21-44(75)17-13-24-74-56(65-7)53-41-33-50(55(63)66-36-41)72-23-14-18-49(72)46-34-42(62)19-20-45(46)59(79)71(8)38-48(53)70-74/h10-12,15-16,19-20,33-34,36,39,43,47,49,51,54,64H,9,13-14,17-18,21-32,35,37-38H2,1-6,8H3,(H2,63,66)(H,67,76)(H,68,78)(H,69,77)/t39-,43-,47+,49-,51-,54+/m1/s1. The van der Waals surface area contributed by atoms with Crippen LogP contribution in [0.25, 0.3) is 16.0 Å². The van der Waals surface area contributed by atoms with Crippen LogP contribution in [0.5, 0.6) is 0 Å². The van der Waals surface area contributed by atoms with Crippen LogP contribution in [-0.2, 0) is 56.0 Å². The normalized spacial score (nSPS) is 17.9. The van der Waals surface area contributed by atoms with Gasteiger partial charge in [0.25, 0.3) is 11.7 Å². The van der Waals surface area contributed by atoms with Gasteiger partial charge in [0, 0.05) is 62.8 Å². The van der Waals surface area contributed by atoms with Crippen LogP contribution < -0.4 is 31.9 Å². The number of nitrogens with two attached hydrogens (primary N) is 1. The van der Waals surface area contributed by atoms with Crippen LogP contribution in [0.4, 0.5) is 21.7 Å². The number of aromatic nitrogens is 3. The first-order valence-electron chi connectivity index (χ1n) is 29.1. The number of nitrogen functional groups attached to an aromatic ring is 1. The molecule has 0 aliphatic carbocycles. The third kappa shape index (κ3) is 16.7. The van der Waals surface area contributed by atoms with E-state index in [4.69, 9.17) is 36.4 Å². The quantitative estimate of drug-likeness (QED) is 0.0331. The highest BCUT2D eigenvalue weighted by Crippen LogP contribution is 2.44. The Hall–Kier alpha value is -7.36. The number of carbonyl (C=O) groups excluding carboxylic acids is 6. The van der Waals surface area contributed by atoms with Gasteiger partial charge in [-0.2, -0.15) is 4.68 Å². The number of nitrogens with zero attached hydrogens (tertiary/aromatic N) is 7. The molecule has 0 spiro atoms. The Labute approximate surface area is 491 Å². The van der Waals surface area contributed by atoms with Gasteiger partial charge >= 0.3 is 0 Å². The van der Waals surface area contributed by atoms with Crippen LogP contribution in [0.15, 0.2) is 60.8 Å². The largest absolute Gasteiger partial charge is 0.382 e. The second-order valence-corrected chi connectivity index (χ2v) is 22.6. The highest BCUT2D eigenvalue weighted by atomic mass is 19.1. The SMILES string of the molecule is [C-]#[N+]c1c2c(nn1CCCC(=O)CCOCCOCCOCCOCCC(=O)N[C@@H]1C[C@H](C(=O)N[C@@H](CC)c3ccccc3)N(C(=O)[C@H](NC(=O)[C@@H](C)NC)C(C)(C)C)C1)CN(C)C(=O)c1ccc(F)cc1[C@H]1CCCN1c1cc-2cnc1N. The molecule has 6 atom stereocenters. The fourth-order valence-electron chi connectivity index (χ4n) is 10.9. The van der Waals surface area contributed by atoms with Gasteiger partial charge in [-0.25, -0.2) is 9.37 Å². The van der Waals surface area contributed by atoms with E-state index in [9.17, 15) is 33.2 Å². The zero-order chi connectivity index (χ0) is 60.5. The number of ether oxygens (including phenoxy) is 4. The average molecular weight is 1160 g/mol. The first-order chi connectivity index (χ1) is 40.3. The van der Waals surface area contributed by atoms with Gasteiger partial charge < -0.3 is 65.5 Å². The summed E-state index contributed by atoms with van der Waals surface area (Å²) in [6.07, 6.45) is 4.84. The van der Waals surface area contributed by atoms with Gasteiger partial charge in [0.05, 0.1) is 89.8 Å². The van der Waals surface area contributed by atoms with Crippen molar-refractivity contribution in [1.82, 2.24) is 45.8 Å². The van der Waals surface area contributed by atoms with Gasteiger partial charge in [-0.1, -0.05) is 64.6 Å². The van der Waals surface area contributed by atoms with Crippen LogP contribution >= 0.6 is 0 Å². The second-order valence-electron chi connectivity index (χ2n) is 22.6. The first-order valence-corrected chi connectivity index (χ1v) is 29.1. The summed E-state index contributed by atoms with van der Waals surface area (Å²) in [7, 11) is 3.32. The number of fused-ring (bicyclic) bond motifs is 8. The molecule has 6 N–H and O–H groups in total. The number of benzene rings is 2. The number of aryl methyl sites for hydroxylation is 1. The Morgan fingerprint density at radius 1 is 0.917 bits per heavy atom. The monoisotopic (exact) mass is 1160 g/mol. The fourth-order valence-corrected chi connectivity index (χ4v) is 10.9. The number of amides is 5. The van der Waals surface area contributed by atoms with E-state index in [-0.39, 0.29) is 131 Å². The van der Waals surface area contributed by atoms with E-state index in [1.807, 2.05) is 64.1 Å². The lowest BCUT2D eigenvalue weighted by molar-refractivity contribution is -0.144. The van der Waals surface area contributed by atoms with Crippen molar-refractivity contribution in [3.63, 3.8) is 0 Å². The highest BCUT2D eigenvalue weighted by Gasteiger charge is 2.46. The second kappa shape index (κ2) is 30.4. The zero-order valence-corrected chi connectivity index (χ0v) is 49.5. The third-order valence-electron chi connectivity index (χ3n) is 15.5. The lowest BCUT2D eigenvalue weighted by Gasteiger charge is -2.36. The number of carbonyl (C=O) groups is 6. The molecule has 7 rings (SSSR count). The maximum Gasteiger partial charge on any atom is 0.260 e. The Balaban J connectivity index is 0.780. The predicted octanol–water partition coefficient (Wildman–Crippen LogP) is 5.83. The summed E-state index contributed by atoms with van der Waals surface area (Å²) >= 11 is 0. The summed E-state index contributed by atoms with van der Waals surface area (Å²) in [6, 6.07) is 12.3. The van der Waals surface area contributed by atoms with E-state index in [0.717, 1.165) is 12.0 Å². The molecule has 454 valence electrons. The molecular formula is C61H83FN12O10. The molecule has 22 nitrogen and oxygen atoms in total. The predicted molar refractivity (Wildman–Crippen MR) is 314 cm³/mol. The van der Waals surface area contributed by atoms with Crippen LogP contribution in [0.1, 0.15) is 125 Å². The van der Waals surface area contributed by atoms with Crippen LogP contribution in [0, 0.1) is 17.8 Å². The molecule has 2 fully saturated rings.